The van der Waals surface area contributed by atoms with E-state index in [2.05, 4.69) is 28.3 Å². The van der Waals surface area contributed by atoms with Crippen LogP contribution in [-0.4, -0.2) is 17.0 Å². The zero-order chi connectivity index (χ0) is 9.97. The molecule has 14 heavy (non-hydrogen) atoms. The molecule has 1 saturated carbocycles. The fourth-order valence-electron chi connectivity index (χ4n) is 1.58. The molecule has 3 heteroatoms. The Balaban J connectivity index is 2.26. The van der Waals surface area contributed by atoms with E-state index in [1.165, 1.54) is 24.2 Å². The molecule has 1 aromatic rings. The third kappa shape index (κ3) is 2.10. The maximum Gasteiger partial charge on any atom is 0.142 e. The van der Waals surface area contributed by atoms with Gasteiger partial charge in [0.05, 0.1) is 6.54 Å². The summed E-state index contributed by atoms with van der Waals surface area (Å²) >= 11 is 0. The molecule has 0 amide bonds. The molecule has 1 N–H and O–H groups in total. The average molecular weight is 191 g/mol. The van der Waals surface area contributed by atoms with E-state index in [0.717, 1.165) is 24.7 Å². The number of aromatic nitrogens is 2. The maximum atomic E-state index is 4.56. The SMILES string of the molecule is CCc1cc(C2CC2)nc(CNC)n1. The zero-order valence-corrected chi connectivity index (χ0v) is 8.88. The van der Waals surface area contributed by atoms with Crippen LogP contribution in [-0.2, 0) is 13.0 Å². The van der Waals surface area contributed by atoms with Crippen molar-refractivity contribution in [2.75, 3.05) is 7.05 Å². The minimum Gasteiger partial charge on any atom is -0.313 e. The Hall–Kier alpha value is -0.960. The van der Waals surface area contributed by atoms with Gasteiger partial charge in [-0.1, -0.05) is 6.92 Å². The van der Waals surface area contributed by atoms with E-state index in [0.29, 0.717) is 0 Å². The van der Waals surface area contributed by atoms with Gasteiger partial charge in [0.2, 0.25) is 0 Å². The molecule has 0 aromatic carbocycles. The Labute approximate surface area is 85.0 Å². The van der Waals surface area contributed by atoms with Crippen LogP contribution in [0.2, 0.25) is 0 Å². The summed E-state index contributed by atoms with van der Waals surface area (Å²) in [6.45, 7) is 2.91. The molecule has 2 rings (SSSR count). The molecule has 1 aliphatic rings. The quantitative estimate of drug-likeness (QED) is 0.786. The van der Waals surface area contributed by atoms with Crippen LogP contribution in [0.4, 0.5) is 0 Å². The van der Waals surface area contributed by atoms with Crippen molar-refractivity contribution in [3.63, 3.8) is 0 Å². The first-order chi connectivity index (χ1) is 6.83. The fraction of sp³-hybridized carbons (Fsp3) is 0.636. The van der Waals surface area contributed by atoms with Crippen molar-refractivity contribution in [2.24, 2.45) is 0 Å². The zero-order valence-electron chi connectivity index (χ0n) is 8.88. The third-order valence-corrected chi connectivity index (χ3v) is 2.54. The second-order valence-electron chi connectivity index (χ2n) is 3.86. The van der Waals surface area contributed by atoms with Crippen molar-refractivity contribution >= 4 is 0 Å². The monoisotopic (exact) mass is 191 g/mol. The molecule has 0 unspecified atom stereocenters. The summed E-state index contributed by atoms with van der Waals surface area (Å²) in [6.07, 6.45) is 3.61. The standard InChI is InChI=1S/C11H17N3/c1-3-9-6-10(8-4-5-8)14-11(13-9)7-12-2/h6,8,12H,3-5,7H2,1-2H3. The maximum absolute atomic E-state index is 4.56. The molecule has 0 aliphatic heterocycles. The van der Waals surface area contributed by atoms with Gasteiger partial charge in [0.15, 0.2) is 0 Å². The third-order valence-electron chi connectivity index (χ3n) is 2.54. The van der Waals surface area contributed by atoms with E-state index < -0.39 is 0 Å². The highest BCUT2D eigenvalue weighted by atomic mass is 15.0. The molecular formula is C11H17N3. The Bertz CT molecular complexity index is 318. The summed E-state index contributed by atoms with van der Waals surface area (Å²) in [5.74, 6) is 1.66. The summed E-state index contributed by atoms with van der Waals surface area (Å²) in [7, 11) is 1.93. The van der Waals surface area contributed by atoms with Crippen LogP contribution in [0.1, 0.15) is 42.9 Å². The van der Waals surface area contributed by atoms with Crippen molar-refractivity contribution in [3.05, 3.63) is 23.3 Å². The van der Waals surface area contributed by atoms with E-state index in [1.54, 1.807) is 0 Å². The number of rotatable bonds is 4. The van der Waals surface area contributed by atoms with Gasteiger partial charge in [-0.3, -0.25) is 0 Å². The van der Waals surface area contributed by atoms with Gasteiger partial charge in [-0.05, 0) is 32.4 Å². The van der Waals surface area contributed by atoms with Crippen molar-refractivity contribution in [2.45, 2.75) is 38.6 Å². The van der Waals surface area contributed by atoms with E-state index in [9.17, 15) is 0 Å². The number of hydrogen-bond acceptors (Lipinski definition) is 3. The first-order valence-electron chi connectivity index (χ1n) is 5.34. The van der Waals surface area contributed by atoms with Crippen LogP contribution in [0.3, 0.4) is 0 Å². The van der Waals surface area contributed by atoms with E-state index in [1.807, 2.05) is 7.05 Å². The molecule has 3 nitrogen and oxygen atoms in total. The Kier molecular flexibility index (Phi) is 2.77. The Morgan fingerprint density at radius 1 is 1.43 bits per heavy atom. The minimum atomic E-state index is 0.721. The summed E-state index contributed by atoms with van der Waals surface area (Å²) in [6, 6.07) is 2.16. The molecule has 0 radical (unpaired) electrons. The first-order valence-corrected chi connectivity index (χ1v) is 5.34. The molecule has 1 aliphatic carbocycles. The molecule has 0 saturated heterocycles. The second-order valence-corrected chi connectivity index (χ2v) is 3.86. The lowest BCUT2D eigenvalue weighted by molar-refractivity contribution is 0.734. The van der Waals surface area contributed by atoms with Crippen LogP contribution >= 0.6 is 0 Å². The summed E-state index contributed by atoms with van der Waals surface area (Å²) in [5.41, 5.74) is 2.43. The highest BCUT2D eigenvalue weighted by Gasteiger charge is 2.25. The van der Waals surface area contributed by atoms with Crippen molar-refractivity contribution in [3.8, 4) is 0 Å². The Morgan fingerprint density at radius 2 is 2.21 bits per heavy atom. The lowest BCUT2D eigenvalue weighted by atomic mass is 10.2. The molecule has 1 aromatic heterocycles. The van der Waals surface area contributed by atoms with Gasteiger partial charge < -0.3 is 5.32 Å². The van der Waals surface area contributed by atoms with Crippen LogP contribution in [0.25, 0.3) is 0 Å². The normalized spacial score (nSPS) is 15.9. The molecular weight excluding hydrogens is 174 g/mol. The lowest BCUT2D eigenvalue weighted by Crippen LogP contribution is -2.11. The van der Waals surface area contributed by atoms with E-state index >= 15 is 0 Å². The van der Waals surface area contributed by atoms with E-state index in [4.69, 9.17) is 0 Å². The second kappa shape index (κ2) is 4.05. The van der Waals surface area contributed by atoms with Crippen LogP contribution < -0.4 is 5.32 Å². The molecule has 1 heterocycles. The van der Waals surface area contributed by atoms with Gasteiger partial charge in [0.25, 0.3) is 0 Å². The summed E-state index contributed by atoms with van der Waals surface area (Å²) in [4.78, 5) is 9.04. The predicted octanol–water partition coefficient (Wildman–Crippen LogP) is 1.64. The first kappa shape index (κ1) is 9.59. The number of aryl methyl sites for hydroxylation is 1. The van der Waals surface area contributed by atoms with Crippen molar-refractivity contribution < 1.29 is 0 Å². The fourth-order valence-corrected chi connectivity index (χ4v) is 1.58. The van der Waals surface area contributed by atoms with Gasteiger partial charge >= 0.3 is 0 Å². The van der Waals surface area contributed by atoms with Gasteiger partial charge in [0.1, 0.15) is 5.82 Å². The Morgan fingerprint density at radius 3 is 2.79 bits per heavy atom. The molecule has 1 fully saturated rings. The molecule has 0 atom stereocenters. The lowest BCUT2D eigenvalue weighted by Gasteiger charge is -2.05. The largest absolute Gasteiger partial charge is 0.313 e. The minimum absolute atomic E-state index is 0.721. The highest BCUT2D eigenvalue weighted by molar-refractivity contribution is 5.19. The van der Waals surface area contributed by atoms with Crippen LogP contribution in [0.5, 0.6) is 0 Å². The molecule has 0 spiro atoms. The van der Waals surface area contributed by atoms with Gasteiger partial charge in [-0.2, -0.15) is 0 Å². The number of nitrogens with one attached hydrogen (secondary N) is 1. The highest BCUT2D eigenvalue weighted by Crippen LogP contribution is 2.39. The van der Waals surface area contributed by atoms with Crippen molar-refractivity contribution in [1.82, 2.24) is 15.3 Å². The van der Waals surface area contributed by atoms with Gasteiger partial charge in [0, 0.05) is 17.3 Å². The molecule has 0 bridgehead atoms. The summed E-state index contributed by atoms with van der Waals surface area (Å²) in [5, 5.41) is 3.10. The predicted molar refractivity (Wildman–Crippen MR) is 56.1 cm³/mol. The van der Waals surface area contributed by atoms with Gasteiger partial charge in [-0.25, -0.2) is 9.97 Å². The molecule has 76 valence electrons. The van der Waals surface area contributed by atoms with E-state index in [-0.39, 0.29) is 0 Å². The average Bonchev–Trinajstić information content (AvgIpc) is 3.01. The topological polar surface area (TPSA) is 37.8 Å². The smallest absolute Gasteiger partial charge is 0.142 e. The van der Waals surface area contributed by atoms with Gasteiger partial charge in [-0.15, -0.1) is 0 Å². The van der Waals surface area contributed by atoms with Crippen LogP contribution in [0, 0.1) is 0 Å². The van der Waals surface area contributed by atoms with Crippen molar-refractivity contribution in [1.29, 1.82) is 0 Å². The summed E-state index contributed by atoms with van der Waals surface area (Å²) < 4.78 is 0. The van der Waals surface area contributed by atoms with Crippen LogP contribution in [0.15, 0.2) is 6.07 Å². The number of hydrogen-bond donors (Lipinski definition) is 1. The number of nitrogens with zero attached hydrogens (tertiary/aromatic N) is 2.